The fourth-order valence-corrected chi connectivity index (χ4v) is 1.12. The Morgan fingerprint density at radius 3 is 2.73 bits per heavy atom. The number of nitro groups is 1. The molecule has 0 saturated carbocycles. The van der Waals surface area contributed by atoms with Gasteiger partial charge in [-0.2, -0.15) is 0 Å². The van der Waals surface area contributed by atoms with Crippen LogP contribution in [0, 0.1) is 16.0 Å². The zero-order valence-corrected chi connectivity index (χ0v) is 8.88. The largest absolute Gasteiger partial charge is 0.292 e. The van der Waals surface area contributed by atoms with E-state index < -0.39 is 4.92 Å². The maximum atomic E-state index is 10.7. The molecule has 0 aromatic heterocycles. The quantitative estimate of drug-likeness (QED) is 0.432. The fraction of sp³-hybridized carbons (Fsp3) is 0.364. The molecule has 0 heterocycles. The van der Waals surface area contributed by atoms with Crippen molar-refractivity contribution in [2.75, 3.05) is 6.54 Å². The molecule has 15 heavy (non-hydrogen) atoms. The molecule has 4 nitrogen and oxygen atoms in total. The summed E-state index contributed by atoms with van der Waals surface area (Å²) in [6, 6.07) is 6.60. The number of hydrogen-bond acceptors (Lipinski definition) is 3. The SMILES string of the molecule is CC(C)CN=Cc1ccccc1[N+](=O)[O-]. The van der Waals surface area contributed by atoms with Crippen molar-refractivity contribution < 1.29 is 4.92 Å². The van der Waals surface area contributed by atoms with Crippen LogP contribution in [0.2, 0.25) is 0 Å². The highest BCUT2D eigenvalue weighted by atomic mass is 16.6. The van der Waals surface area contributed by atoms with E-state index in [0.29, 0.717) is 18.0 Å². The average Bonchev–Trinajstić information content (AvgIpc) is 2.17. The van der Waals surface area contributed by atoms with Gasteiger partial charge in [0.15, 0.2) is 0 Å². The first kappa shape index (κ1) is 11.4. The highest BCUT2D eigenvalue weighted by molar-refractivity contribution is 5.85. The summed E-state index contributed by atoms with van der Waals surface area (Å²) in [6.45, 7) is 4.79. The van der Waals surface area contributed by atoms with Crippen LogP contribution in [0.4, 0.5) is 5.69 Å². The molecule has 1 rings (SSSR count). The van der Waals surface area contributed by atoms with E-state index >= 15 is 0 Å². The molecule has 0 bridgehead atoms. The third-order valence-corrected chi connectivity index (χ3v) is 1.83. The van der Waals surface area contributed by atoms with E-state index in [4.69, 9.17) is 0 Å². The molecule has 0 N–H and O–H groups in total. The second kappa shape index (κ2) is 5.24. The molecule has 0 amide bonds. The Labute approximate surface area is 88.8 Å². The summed E-state index contributed by atoms with van der Waals surface area (Å²) in [4.78, 5) is 14.4. The Hall–Kier alpha value is -1.71. The van der Waals surface area contributed by atoms with Crippen LogP contribution in [0.1, 0.15) is 19.4 Å². The number of nitro benzene ring substituents is 1. The van der Waals surface area contributed by atoms with Crippen molar-refractivity contribution in [2.45, 2.75) is 13.8 Å². The number of para-hydroxylation sites is 1. The predicted molar refractivity (Wildman–Crippen MR) is 60.4 cm³/mol. The van der Waals surface area contributed by atoms with Crippen LogP contribution in [0.5, 0.6) is 0 Å². The fourth-order valence-electron chi connectivity index (χ4n) is 1.12. The first-order chi connectivity index (χ1) is 7.11. The maximum Gasteiger partial charge on any atom is 0.278 e. The van der Waals surface area contributed by atoms with Crippen LogP contribution in [0.25, 0.3) is 0 Å². The van der Waals surface area contributed by atoms with E-state index in [1.54, 1.807) is 24.4 Å². The zero-order valence-electron chi connectivity index (χ0n) is 8.88. The Morgan fingerprint density at radius 2 is 2.13 bits per heavy atom. The molecule has 80 valence electrons. The highest BCUT2D eigenvalue weighted by Gasteiger charge is 2.09. The van der Waals surface area contributed by atoms with Crippen molar-refractivity contribution in [3.05, 3.63) is 39.9 Å². The van der Waals surface area contributed by atoms with Crippen LogP contribution in [0.15, 0.2) is 29.3 Å². The van der Waals surface area contributed by atoms with Crippen LogP contribution < -0.4 is 0 Å². The number of nitrogens with zero attached hydrogens (tertiary/aromatic N) is 2. The standard InChI is InChI=1S/C11H14N2O2/c1-9(2)7-12-8-10-5-3-4-6-11(10)13(14)15/h3-6,8-9H,7H2,1-2H3. The minimum Gasteiger partial charge on any atom is -0.292 e. The van der Waals surface area contributed by atoms with E-state index in [-0.39, 0.29) is 5.69 Å². The molecular formula is C11H14N2O2. The Bertz CT molecular complexity index is 373. The lowest BCUT2D eigenvalue weighted by molar-refractivity contribution is -0.385. The molecule has 4 heteroatoms. The Kier molecular flexibility index (Phi) is 3.97. The number of benzene rings is 1. The van der Waals surface area contributed by atoms with Crippen LogP contribution >= 0.6 is 0 Å². The molecule has 0 saturated heterocycles. The topological polar surface area (TPSA) is 55.5 Å². The monoisotopic (exact) mass is 206 g/mol. The summed E-state index contributed by atoms with van der Waals surface area (Å²) in [6.07, 6.45) is 1.57. The lowest BCUT2D eigenvalue weighted by atomic mass is 10.2. The molecule has 0 aliphatic carbocycles. The summed E-state index contributed by atoms with van der Waals surface area (Å²) < 4.78 is 0. The minimum atomic E-state index is -0.392. The zero-order chi connectivity index (χ0) is 11.3. The molecule has 0 atom stereocenters. The van der Waals surface area contributed by atoms with Gasteiger partial charge in [-0.05, 0) is 12.0 Å². The van der Waals surface area contributed by atoms with E-state index in [2.05, 4.69) is 18.8 Å². The molecular weight excluding hydrogens is 192 g/mol. The molecule has 0 radical (unpaired) electrons. The number of hydrogen-bond donors (Lipinski definition) is 0. The smallest absolute Gasteiger partial charge is 0.278 e. The van der Waals surface area contributed by atoms with Gasteiger partial charge in [-0.15, -0.1) is 0 Å². The third-order valence-electron chi connectivity index (χ3n) is 1.83. The summed E-state index contributed by atoms with van der Waals surface area (Å²) in [5.74, 6) is 0.462. The maximum absolute atomic E-state index is 10.7. The van der Waals surface area contributed by atoms with Crippen molar-refractivity contribution in [1.29, 1.82) is 0 Å². The van der Waals surface area contributed by atoms with Gasteiger partial charge in [0, 0.05) is 18.8 Å². The van der Waals surface area contributed by atoms with E-state index in [1.807, 2.05) is 0 Å². The summed E-state index contributed by atoms with van der Waals surface area (Å²) >= 11 is 0. The van der Waals surface area contributed by atoms with Gasteiger partial charge in [0.05, 0.1) is 10.5 Å². The van der Waals surface area contributed by atoms with Crippen LogP contribution in [0.3, 0.4) is 0 Å². The first-order valence-corrected chi connectivity index (χ1v) is 4.84. The van der Waals surface area contributed by atoms with Gasteiger partial charge < -0.3 is 0 Å². The number of aliphatic imine (C=N–C) groups is 1. The van der Waals surface area contributed by atoms with Crippen molar-refractivity contribution in [3.63, 3.8) is 0 Å². The van der Waals surface area contributed by atoms with Gasteiger partial charge in [-0.25, -0.2) is 0 Å². The predicted octanol–water partition coefficient (Wildman–Crippen LogP) is 2.67. The number of rotatable bonds is 4. The Morgan fingerprint density at radius 1 is 1.47 bits per heavy atom. The third kappa shape index (κ3) is 3.50. The van der Waals surface area contributed by atoms with E-state index in [0.717, 1.165) is 0 Å². The summed E-state index contributed by atoms with van der Waals surface area (Å²) in [5.41, 5.74) is 0.660. The normalized spacial score (nSPS) is 11.1. The molecule has 0 spiro atoms. The van der Waals surface area contributed by atoms with Crippen molar-refractivity contribution in [1.82, 2.24) is 0 Å². The second-order valence-corrected chi connectivity index (χ2v) is 3.70. The molecule has 0 aliphatic heterocycles. The summed E-state index contributed by atoms with van der Waals surface area (Å²) in [5, 5.41) is 10.7. The highest BCUT2D eigenvalue weighted by Crippen LogP contribution is 2.15. The molecule has 0 unspecified atom stereocenters. The van der Waals surface area contributed by atoms with Gasteiger partial charge >= 0.3 is 0 Å². The lowest BCUT2D eigenvalue weighted by Crippen LogP contribution is -1.96. The van der Waals surface area contributed by atoms with Crippen molar-refractivity contribution in [3.8, 4) is 0 Å². The lowest BCUT2D eigenvalue weighted by Gasteiger charge is -1.98. The molecule has 1 aromatic carbocycles. The van der Waals surface area contributed by atoms with Crippen LogP contribution in [-0.4, -0.2) is 17.7 Å². The van der Waals surface area contributed by atoms with Gasteiger partial charge in [0.1, 0.15) is 0 Å². The van der Waals surface area contributed by atoms with Gasteiger partial charge in [-0.3, -0.25) is 15.1 Å². The minimum absolute atomic E-state index is 0.102. The summed E-state index contributed by atoms with van der Waals surface area (Å²) in [7, 11) is 0. The van der Waals surface area contributed by atoms with Gasteiger partial charge in [0.25, 0.3) is 5.69 Å². The van der Waals surface area contributed by atoms with Crippen molar-refractivity contribution in [2.24, 2.45) is 10.9 Å². The Balaban J connectivity index is 2.84. The van der Waals surface area contributed by atoms with Crippen LogP contribution in [-0.2, 0) is 0 Å². The molecule has 0 fully saturated rings. The first-order valence-electron chi connectivity index (χ1n) is 4.84. The van der Waals surface area contributed by atoms with E-state index in [1.165, 1.54) is 6.07 Å². The molecule has 0 aliphatic rings. The van der Waals surface area contributed by atoms with Crippen molar-refractivity contribution >= 4 is 11.9 Å². The molecule has 1 aromatic rings. The van der Waals surface area contributed by atoms with Gasteiger partial charge in [-0.1, -0.05) is 26.0 Å². The van der Waals surface area contributed by atoms with Gasteiger partial charge in [0.2, 0.25) is 0 Å². The second-order valence-electron chi connectivity index (χ2n) is 3.70. The average molecular weight is 206 g/mol. The van der Waals surface area contributed by atoms with E-state index in [9.17, 15) is 10.1 Å².